The number of aliphatic hydroxyl groups is 1. The van der Waals surface area contributed by atoms with E-state index in [1.807, 2.05) is 6.08 Å². The van der Waals surface area contributed by atoms with Crippen molar-refractivity contribution in [3.8, 4) is 0 Å². The van der Waals surface area contributed by atoms with E-state index in [1.54, 1.807) is 11.1 Å². The van der Waals surface area contributed by atoms with Crippen LogP contribution in [0.5, 0.6) is 0 Å². The molecule has 1 heteroatoms. The lowest BCUT2D eigenvalue weighted by molar-refractivity contribution is 0.185. The first-order valence-corrected chi connectivity index (χ1v) is 7.97. The minimum atomic E-state index is -0.232. The molecule has 106 valence electrons. The molecule has 0 aromatic rings. The maximum atomic E-state index is 9.87. The molecule has 1 N–H and O–H groups in total. The molecule has 0 saturated carbocycles. The molecule has 3 atom stereocenters. The summed E-state index contributed by atoms with van der Waals surface area (Å²) in [6.07, 6.45) is 16.7. The van der Waals surface area contributed by atoms with Crippen LogP contribution < -0.4 is 0 Å². The quantitative estimate of drug-likeness (QED) is 0.721. The van der Waals surface area contributed by atoms with Gasteiger partial charge in [0.05, 0.1) is 6.10 Å². The van der Waals surface area contributed by atoms with Crippen molar-refractivity contribution in [3.05, 3.63) is 35.5 Å². The SMILES string of the molecule is CC/C(=C(/CC)C1CC=CC(O)C1)C1CC=CCC1. The van der Waals surface area contributed by atoms with Crippen molar-refractivity contribution in [2.75, 3.05) is 0 Å². The molecule has 2 aliphatic carbocycles. The molecule has 0 amide bonds. The highest BCUT2D eigenvalue weighted by atomic mass is 16.3. The second kappa shape index (κ2) is 7.09. The number of rotatable bonds is 4. The molecule has 0 spiro atoms. The third-order valence-corrected chi connectivity index (χ3v) is 4.73. The third kappa shape index (κ3) is 3.60. The lowest BCUT2D eigenvalue weighted by Crippen LogP contribution is -2.20. The van der Waals surface area contributed by atoms with Gasteiger partial charge >= 0.3 is 0 Å². The van der Waals surface area contributed by atoms with Gasteiger partial charge in [0, 0.05) is 0 Å². The fourth-order valence-electron chi connectivity index (χ4n) is 3.82. The third-order valence-electron chi connectivity index (χ3n) is 4.73. The van der Waals surface area contributed by atoms with Crippen LogP contribution in [0, 0.1) is 11.8 Å². The molecule has 0 aromatic carbocycles. The van der Waals surface area contributed by atoms with E-state index in [2.05, 4.69) is 32.1 Å². The summed E-state index contributed by atoms with van der Waals surface area (Å²) in [6, 6.07) is 0. The van der Waals surface area contributed by atoms with Crippen LogP contribution in [0.3, 0.4) is 0 Å². The molecule has 0 aliphatic heterocycles. The van der Waals surface area contributed by atoms with Gasteiger partial charge in [0.2, 0.25) is 0 Å². The van der Waals surface area contributed by atoms with Gasteiger partial charge in [0.1, 0.15) is 0 Å². The van der Waals surface area contributed by atoms with Crippen LogP contribution in [0.2, 0.25) is 0 Å². The average Bonchev–Trinajstić information content (AvgIpc) is 2.45. The molecule has 2 rings (SSSR count). The Morgan fingerprint density at radius 2 is 1.68 bits per heavy atom. The van der Waals surface area contributed by atoms with Crippen LogP contribution in [0.25, 0.3) is 0 Å². The molecule has 0 fully saturated rings. The summed E-state index contributed by atoms with van der Waals surface area (Å²) >= 11 is 0. The van der Waals surface area contributed by atoms with Gasteiger partial charge in [0.15, 0.2) is 0 Å². The predicted molar refractivity (Wildman–Crippen MR) is 82.0 cm³/mol. The summed E-state index contributed by atoms with van der Waals surface area (Å²) < 4.78 is 0. The average molecular weight is 260 g/mol. The largest absolute Gasteiger partial charge is 0.389 e. The molecule has 1 nitrogen and oxygen atoms in total. The maximum Gasteiger partial charge on any atom is 0.0726 e. The minimum Gasteiger partial charge on any atom is -0.389 e. The topological polar surface area (TPSA) is 20.2 Å². The first kappa shape index (κ1) is 14.6. The number of aliphatic hydroxyl groups excluding tert-OH is 1. The summed E-state index contributed by atoms with van der Waals surface area (Å²) in [6.45, 7) is 4.59. The van der Waals surface area contributed by atoms with E-state index in [0.717, 1.165) is 25.2 Å². The van der Waals surface area contributed by atoms with Crippen LogP contribution in [0.4, 0.5) is 0 Å². The minimum absolute atomic E-state index is 0.232. The van der Waals surface area contributed by atoms with Crippen LogP contribution >= 0.6 is 0 Å². The van der Waals surface area contributed by atoms with Gasteiger partial charge in [0.25, 0.3) is 0 Å². The first-order valence-electron chi connectivity index (χ1n) is 7.97. The highest BCUT2D eigenvalue weighted by Crippen LogP contribution is 2.37. The summed E-state index contributed by atoms with van der Waals surface area (Å²) in [4.78, 5) is 0. The summed E-state index contributed by atoms with van der Waals surface area (Å²) in [5.41, 5.74) is 3.34. The number of hydrogen-bond acceptors (Lipinski definition) is 1. The maximum absolute atomic E-state index is 9.87. The fourth-order valence-corrected chi connectivity index (χ4v) is 3.82. The Balaban J connectivity index is 2.21. The molecule has 0 bridgehead atoms. The van der Waals surface area contributed by atoms with Gasteiger partial charge in [-0.1, -0.05) is 49.3 Å². The molecule has 0 saturated heterocycles. The fraction of sp³-hybridized carbons (Fsp3) is 0.667. The zero-order valence-corrected chi connectivity index (χ0v) is 12.4. The normalized spacial score (nSPS) is 32.3. The van der Waals surface area contributed by atoms with Crippen molar-refractivity contribution in [2.45, 2.75) is 64.9 Å². The van der Waals surface area contributed by atoms with Crippen molar-refractivity contribution in [1.29, 1.82) is 0 Å². The highest BCUT2D eigenvalue weighted by Gasteiger charge is 2.24. The van der Waals surface area contributed by atoms with Crippen LogP contribution in [0.1, 0.15) is 58.8 Å². The van der Waals surface area contributed by atoms with E-state index in [1.165, 1.54) is 25.7 Å². The Labute approximate surface area is 118 Å². The molecule has 2 aliphatic rings. The Morgan fingerprint density at radius 1 is 1.00 bits per heavy atom. The van der Waals surface area contributed by atoms with Crippen molar-refractivity contribution in [2.24, 2.45) is 11.8 Å². The molecule has 0 aromatic heterocycles. The van der Waals surface area contributed by atoms with Crippen molar-refractivity contribution in [1.82, 2.24) is 0 Å². The van der Waals surface area contributed by atoms with E-state index in [4.69, 9.17) is 0 Å². The Bertz CT molecular complexity index is 375. The van der Waals surface area contributed by atoms with Gasteiger partial charge in [-0.05, 0) is 56.8 Å². The molecular formula is C18H28O. The smallest absolute Gasteiger partial charge is 0.0726 e. The second-order valence-electron chi connectivity index (χ2n) is 5.90. The number of hydrogen-bond donors (Lipinski definition) is 1. The standard InChI is InChI=1S/C18H28O/c1-3-17(14-9-6-5-7-10-14)18(4-2)15-11-8-12-16(19)13-15/h5-6,8,12,14-16,19H,3-4,7,9-11,13H2,1-2H3/b18-17+. The van der Waals surface area contributed by atoms with Crippen molar-refractivity contribution in [3.63, 3.8) is 0 Å². The van der Waals surface area contributed by atoms with Crippen LogP contribution in [0.15, 0.2) is 35.5 Å². The van der Waals surface area contributed by atoms with E-state index < -0.39 is 0 Å². The second-order valence-corrected chi connectivity index (χ2v) is 5.90. The first-order chi connectivity index (χ1) is 9.26. The predicted octanol–water partition coefficient (Wildman–Crippen LogP) is 4.79. The van der Waals surface area contributed by atoms with Crippen molar-refractivity contribution < 1.29 is 5.11 Å². The summed E-state index contributed by atoms with van der Waals surface area (Å²) in [7, 11) is 0. The molecule has 0 heterocycles. The molecule has 19 heavy (non-hydrogen) atoms. The summed E-state index contributed by atoms with van der Waals surface area (Å²) in [5, 5.41) is 9.87. The van der Waals surface area contributed by atoms with Gasteiger partial charge in [-0.15, -0.1) is 0 Å². The zero-order valence-electron chi connectivity index (χ0n) is 12.4. The highest BCUT2D eigenvalue weighted by molar-refractivity contribution is 5.23. The van der Waals surface area contributed by atoms with Crippen LogP contribution in [-0.4, -0.2) is 11.2 Å². The van der Waals surface area contributed by atoms with Gasteiger partial charge in [-0.2, -0.15) is 0 Å². The zero-order chi connectivity index (χ0) is 13.7. The molecule has 3 unspecified atom stereocenters. The Morgan fingerprint density at radius 3 is 2.26 bits per heavy atom. The van der Waals surface area contributed by atoms with E-state index in [0.29, 0.717) is 5.92 Å². The van der Waals surface area contributed by atoms with E-state index in [9.17, 15) is 5.11 Å². The molecular weight excluding hydrogens is 232 g/mol. The van der Waals surface area contributed by atoms with E-state index in [-0.39, 0.29) is 6.10 Å². The van der Waals surface area contributed by atoms with E-state index >= 15 is 0 Å². The van der Waals surface area contributed by atoms with Gasteiger partial charge in [-0.25, -0.2) is 0 Å². The Kier molecular flexibility index (Phi) is 5.45. The number of allylic oxidation sites excluding steroid dienone is 5. The van der Waals surface area contributed by atoms with Gasteiger partial charge < -0.3 is 5.11 Å². The monoisotopic (exact) mass is 260 g/mol. The molecule has 0 radical (unpaired) electrons. The van der Waals surface area contributed by atoms with Gasteiger partial charge in [-0.3, -0.25) is 0 Å². The van der Waals surface area contributed by atoms with Crippen LogP contribution in [-0.2, 0) is 0 Å². The lowest BCUT2D eigenvalue weighted by Gasteiger charge is -2.30. The lowest BCUT2D eigenvalue weighted by atomic mass is 9.76. The Hall–Kier alpha value is -0.820. The summed E-state index contributed by atoms with van der Waals surface area (Å²) in [5.74, 6) is 1.33. The van der Waals surface area contributed by atoms with Crippen molar-refractivity contribution >= 4 is 0 Å².